The number of ether oxygens (including phenoxy) is 1. The van der Waals surface area contributed by atoms with Crippen molar-refractivity contribution in [3.63, 3.8) is 0 Å². The smallest absolute Gasteiger partial charge is 0.166 e. The first kappa shape index (κ1) is 25.9. The van der Waals surface area contributed by atoms with E-state index in [4.69, 9.17) is 27.9 Å². The van der Waals surface area contributed by atoms with Crippen LogP contribution >= 0.6 is 23.2 Å². The molecule has 1 aliphatic rings. The van der Waals surface area contributed by atoms with Gasteiger partial charge in [-0.3, -0.25) is 10.1 Å². The first-order valence-corrected chi connectivity index (χ1v) is 12.7. The predicted molar refractivity (Wildman–Crippen MR) is 146 cm³/mol. The highest BCUT2D eigenvalue weighted by molar-refractivity contribution is 6.35. The highest BCUT2D eigenvalue weighted by Crippen LogP contribution is 2.36. The van der Waals surface area contributed by atoms with Gasteiger partial charge in [-0.15, -0.1) is 6.58 Å². The fourth-order valence-electron chi connectivity index (χ4n) is 4.71. The molecular formula is C27H24Cl2FN7O. The molecule has 8 nitrogen and oxygen atoms in total. The van der Waals surface area contributed by atoms with Crippen LogP contribution in [-0.2, 0) is 0 Å². The standard InChI is InChI=1S/C27H24Cl2FN7O/c1-3-8-34-27(6-7-31)14-37(15-27)26-22(30)9-17(11-33-26)25-19-10-18(4-5-23(19)35-36-25)38-16(2)24-20(28)12-32-13-21(24)29/h3-5,9-13,16,34H,1,6,8,14-15H2,2H3,(H,35,36)/t16-/m1/s1. The zero-order valence-electron chi connectivity index (χ0n) is 20.5. The molecular weight excluding hydrogens is 528 g/mol. The Morgan fingerprint density at radius 1 is 1.29 bits per heavy atom. The summed E-state index contributed by atoms with van der Waals surface area (Å²) in [6.07, 6.45) is 6.26. The molecule has 1 aromatic carbocycles. The Bertz CT molecular complexity index is 1520. The second kappa shape index (κ2) is 10.6. The topological polar surface area (TPSA) is 103 Å². The van der Waals surface area contributed by atoms with Gasteiger partial charge < -0.3 is 15.0 Å². The quantitative estimate of drug-likeness (QED) is 0.251. The van der Waals surface area contributed by atoms with Crippen LogP contribution in [0, 0.1) is 17.1 Å². The molecule has 1 saturated heterocycles. The van der Waals surface area contributed by atoms with Gasteiger partial charge in [-0.05, 0) is 31.2 Å². The Hall–Kier alpha value is -3.71. The molecule has 5 rings (SSSR count). The molecule has 0 radical (unpaired) electrons. The predicted octanol–water partition coefficient (Wildman–Crippen LogP) is 5.85. The van der Waals surface area contributed by atoms with E-state index in [1.165, 1.54) is 18.5 Å². The molecule has 1 aliphatic heterocycles. The van der Waals surface area contributed by atoms with Gasteiger partial charge >= 0.3 is 0 Å². The second-order valence-electron chi connectivity index (χ2n) is 9.23. The summed E-state index contributed by atoms with van der Waals surface area (Å²) in [4.78, 5) is 10.2. The summed E-state index contributed by atoms with van der Waals surface area (Å²) < 4.78 is 21.3. The molecule has 194 valence electrons. The number of nitrogens with one attached hydrogen (secondary N) is 2. The summed E-state index contributed by atoms with van der Waals surface area (Å²) in [7, 11) is 0. The molecule has 1 fully saturated rings. The molecule has 4 heterocycles. The molecule has 0 saturated carbocycles. The van der Waals surface area contributed by atoms with Gasteiger partial charge in [0.2, 0.25) is 0 Å². The number of rotatable bonds is 9. The molecule has 0 aliphatic carbocycles. The Morgan fingerprint density at radius 3 is 2.74 bits per heavy atom. The number of fused-ring (bicyclic) bond motifs is 1. The van der Waals surface area contributed by atoms with Gasteiger partial charge in [-0.2, -0.15) is 10.4 Å². The van der Waals surface area contributed by atoms with Crippen LogP contribution in [0.5, 0.6) is 5.75 Å². The molecule has 0 unspecified atom stereocenters. The van der Waals surface area contributed by atoms with E-state index in [0.717, 1.165) is 10.9 Å². The maximum atomic E-state index is 15.2. The van der Waals surface area contributed by atoms with E-state index < -0.39 is 17.5 Å². The molecule has 1 atom stereocenters. The lowest BCUT2D eigenvalue weighted by Gasteiger charge is -2.50. The maximum absolute atomic E-state index is 15.2. The molecule has 0 spiro atoms. The van der Waals surface area contributed by atoms with Crippen molar-refractivity contribution >= 4 is 39.9 Å². The molecule has 3 aromatic heterocycles. The van der Waals surface area contributed by atoms with Crippen molar-refractivity contribution in [1.82, 2.24) is 25.5 Å². The zero-order chi connectivity index (χ0) is 26.9. The number of nitrogens with zero attached hydrogens (tertiary/aromatic N) is 5. The largest absolute Gasteiger partial charge is 0.486 e. The van der Waals surface area contributed by atoms with Gasteiger partial charge in [-0.25, -0.2) is 9.37 Å². The SMILES string of the molecule is C=CCNC1(CC#N)CN(c2ncc(-c3n[nH]c4ccc(O[C@H](C)c5c(Cl)cncc5Cl)cc34)cc2F)C1. The van der Waals surface area contributed by atoms with Crippen LogP contribution in [0.15, 0.2) is 55.5 Å². The number of pyridine rings is 2. The van der Waals surface area contributed by atoms with Crippen LogP contribution in [-0.4, -0.2) is 45.3 Å². The minimum Gasteiger partial charge on any atom is -0.486 e. The number of hydrogen-bond acceptors (Lipinski definition) is 7. The Balaban J connectivity index is 1.37. The molecule has 11 heteroatoms. The van der Waals surface area contributed by atoms with Crippen molar-refractivity contribution in [2.75, 3.05) is 24.5 Å². The van der Waals surface area contributed by atoms with Gasteiger partial charge in [0, 0.05) is 54.7 Å². The van der Waals surface area contributed by atoms with Crippen LogP contribution in [0.3, 0.4) is 0 Å². The average Bonchev–Trinajstić information content (AvgIpc) is 3.29. The van der Waals surface area contributed by atoms with Gasteiger partial charge in [0.1, 0.15) is 17.5 Å². The zero-order valence-corrected chi connectivity index (χ0v) is 22.0. The van der Waals surface area contributed by atoms with E-state index in [0.29, 0.717) is 58.7 Å². The molecule has 4 aromatic rings. The summed E-state index contributed by atoms with van der Waals surface area (Å²) in [6, 6.07) is 9.11. The third-order valence-electron chi connectivity index (χ3n) is 6.56. The number of aromatic nitrogens is 4. The van der Waals surface area contributed by atoms with Gasteiger partial charge in [-0.1, -0.05) is 29.3 Å². The lowest BCUT2D eigenvalue weighted by molar-refractivity contribution is 0.227. The summed E-state index contributed by atoms with van der Waals surface area (Å²) in [5, 5.41) is 21.5. The van der Waals surface area contributed by atoms with Crippen molar-refractivity contribution in [3.8, 4) is 23.1 Å². The number of halogens is 3. The normalized spacial score (nSPS) is 15.1. The van der Waals surface area contributed by atoms with Gasteiger partial charge in [0.25, 0.3) is 0 Å². The van der Waals surface area contributed by atoms with Gasteiger partial charge in [0.15, 0.2) is 11.6 Å². The van der Waals surface area contributed by atoms with E-state index in [1.54, 1.807) is 12.3 Å². The van der Waals surface area contributed by atoms with Crippen LogP contribution in [0.4, 0.5) is 10.2 Å². The molecule has 0 bridgehead atoms. The lowest BCUT2D eigenvalue weighted by atomic mass is 9.86. The Labute approximate surface area is 229 Å². The minimum absolute atomic E-state index is 0.242. The number of hydrogen-bond donors (Lipinski definition) is 2. The molecule has 0 amide bonds. The van der Waals surface area contributed by atoms with E-state index >= 15 is 4.39 Å². The fourth-order valence-corrected chi connectivity index (χ4v) is 5.38. The number of anilines is 1. The van der Waals surface area contributed by atoms with Crippen LogP contribution in [0.2, 0.25) is 10.0 Å². The Kier molecular flexibility index (Phi) is 7.21. The summed E-state index contributed by atoms with van der Waals surface area (Å²) >= 11 is 12.6. The number of H-pyrrole nitrogens is 1. The first-order valence-electron chi connectivity index (χ1n) is 11.9. The second-order valence-corrected chi connectivity index (χ2v) is 10.0. The average molecular weight is 552 g/mol. The monoisotopic (exact) mass is 551 g/mol. The minimum atomic E-state index is -0.462. The van der Waals surface area contributed by atoms with E-state index in [9.17, 15) is 5.26 Å². The van der Waals surface area contributed by atoms with Crippen molar-refractivity contribution in [3.05, 3.63) is 76.9 Å². The third-order valence-corrected chi connectivity index (χ3v) is 7.17. The van der Waals surface area contributed by atoms with Crippen molar-refractivity contribution in [2.45, 2.75) is 25.0 Å². The van der Waals surface area contributed by atoms with Crippen LogP contribution in [0.25, 0.3) is 22.2 Å². The number of aromatic amines is 1. The van der Waals surface area contributed by atoms with Crippen molar-refractivity contribution < 1.29 is 9.13 Å². The summed E-state index contributed by atoms with van der Waals surface area (Å²) in [5.41, 5.74) is 2.08. The summed E-state index contributed by atoms with van der Waals surface area (Å²) in [6.45, 7) is 7.09. The van der Waals surface area contributed by atoms with Crippen LogP contribution < -0.4 is 15.0 Å². The fraction of sp³-hybridized carbons (Fsp3) is 0.259. The summed E-state index contributed by atoms with van der Waals surface area (Å²) in [5.74, 6) is 0.352. The van der Waals surface area contributed by atoms with Crippen LogP contribution in [0.1, 0.15) is 25.0 Å². The first-order chi connectivity index (χ1) is 18.3. The van der Waals surface area contributed by atoms with E-state index in [-0.39, 0.29) is 5.82 Å². The van der Waals surface area contributed by atoms with E-state index in [2.05, 4.69) is 38.1 Å². The lowest BCUT2D eigenvalue weighted by Crippen LogP contribution is -2.69. The highest BCUT2D eigenvalue weighted by atomic mass is 35.5. The van der Waals surface area contributed by atoms with E-state index in [1.807, 2.05) is 30.0 Å². The molecule has 2 N–H and O–H groups in total. The molecule has 38 heavy (non-hydrogen) atoms. The Morgan fingerprint density at radius 2 is 2.05 bits per heavy atom. The van der Waals surface area contributed by atoms with Crippen molar-refractivity contribution in [1.29, 1.82) is 5.26 Å². The maximum Gasteiger partial charge on any atom is 0.166 e. The highest BCUT2D eigenvalue weighted by Gasteiger charge is 2.43. The third kappa shape index (κ3) is 4.90. The number of benzene rings is 1. The van der Waals surface area contributed by atoms with Crippen molar-refractivity contribution in [2.24, 2.45) is 0 Å². The number of nitriles is 1. The van der Waals surface area contributed by atoms with Gasteiger partial charge in [0.05, 0.1) is 33.6 Å².